The summed E-state index contributed by atoms with van der Waals surface area (Å²) < 4.78 is 10.7. The zero-order chi connectivity index (χ0) is 14.1. The Morgan fingerprint density at radius 3 is 2.62 bits per heavy atom. The summed E-state index contributed by atoms with van der Waals surface area (Å²) in [5.74, 6) is -0.513. The molecule has 0 saturated heterocycles. The van der Waals surface area contributed by atoms with Crippen molar-refractivity contribution in [3.05, 3.63) is 58.3 Å². The van der Waals surface area contributed by atoms with E-state index in [0.717, 1.165) is 0 Å². The van der Waals surface area contributed by atoms with E-state index in [-0.39, 0.29) is 75.8 Å². The maximum Gasteiger partial charge on any atom is 1.00 e. The van der Waals surface area contributed by atoms with Crippen molar-refractivity contribution in [2.24, 2.45) is 0 Å². The van der Waals surface area contributed by atoms with Gasteiger partial charge in [0.1, 0.15) is 11.2 Å². The van der Waals surface area contributed by atoms with E-state index < -0.39 is 5.97 Å². The zero-order valence-corrected chi connectivity index (χ0v) is 15.0. The van der Waals surface area contributed by atoms with E-state index in [4.69, 9.17) is 9.15 Å². The van der Waals surface area contributed by atoms with Crippen molar-refractivity contribution in [2.75, 3.05) is 6.61 Å². The fourth-order valence-electron chi connectivity index (χ4n) is 2.23. The van der Waals surface area contributed by atoms with Crippen molar-refractivity contribution in [3.63, 3.8) is 0 Å². The van der Waals surface area contributed by atoms with Crippen LogP contribution >= 0.6 is 0 Å². The minimum absolute atomic E-state index is 0. The van der Waals surface area contributed by atoms with Crippen LogP contribution in [0.25, 0.3) is 21.9 Å². The van der Waals surface area contributed by atoms with Crippen molar-refractivity contribution in [1.29, 1.82) is 0 Å². The van der Waals surface area contributed by atoms with Crippen LogP contribution in [0.2, 0.25) is 0 Å². The third kappa shape index (κ3) is 2.98. The van der Waals surface area contributed by atoms with Gasteiger partial charge in [0.05, 0.1) is 22.9 Å². The molecule has 3 rings (SSSR count). The van der Waals surface area contributed by atoms with Crippen molar-refractivity contribution >= 4 is 27.9 Å². The largest absolute Gasteiger partial charge is 1.00 e. The number of carbonyl (C=O) groups is 1. The van der Waals surface area contributed by atoms with Gasteiger partial charge in [-0.25, -0.2) is 4.79 Å². The standard InChI is InChI=1S/C16H12O4.K.H/c1-2-19-16(18)11-7-5-9-13-14(11)15(17)10-6-3-4-8-12(10)20-13;;/h3-9H,2H2,1H3;;/q;+1;-1. The second-order valence-corrected chi connectivity index (χ2v) is 4.33. The van der Waals surface area contributed by atoms with E-state index in [1.54, 1.807) is 49.4 Å². The molecule has 4 nitrogen and oxygen atoms in total. The minimum Gasteiger partial charge on any atom is -1.00 e. The van der Waals surface area contributed by atoms with Gasteiger partial charge in [-0.05, 0) is 31.2 Å². The monoisotopic (exact) mass is 308 g/mol. The predicted octanol–water partition coefficient (Wildman–Crippen LogP) is 0.239. The van der Waals surface area contributed by atoms with Crippen LogP contribution in [0.1, 0.15) is 18.7 Å². The van der Waals surface area contributed by atoms with Gasteiger partial charge in [0.15, 0.2) is 0 Å². The van der Waals surface area contributed by atoms with Gasteiger partial charge in [0.2, 0.25) is 5.43 Å². The Morgan fingerprint density at radius 1 is 1.14 bits per heavy atom. The van der Waals surface area contributed by atoms with Gasteiger partial charge < -0.3 is 10.6 Å². The summed E-state index contributed by atoms with van der Waals surface area (Å²) in [6.07, 6.45) is 0. The summed E-state index contributed by atoms with van der Waals surface area (Å²) in [5.41, 5.74) is 0.916. The maximum absolute atomic E-state index is 12.5. The number of para-hydroxylation sites is 1. The number of fused-ring (bicyclic) bond motifs is 2. The fourth-order valence-corrected chi connectivity index (χ4v) is 2.23. The van der Waals surface area contributed by atoms with Crippen molar-refractivity contribution < 1.29 is 66.8 Å². The molecular weight excluding hydrogens is 295 g/mol. The number of carbonyl (C=O) groups excluding carboxylic acids is 1. The van der Waals surface area contributed by atoms with Crippen LogP contribution in [0, 0.1) is 0 Å². The third-order valence-electron chi connectivity index (χ3n) is 3.10. The number of rotatable bonds is 2. The smallest absolute Gasteiger partial charge is 1.00 e. The summed E-state index contributed by atoms with van der Waals surface area (Å²) in [6, 6.07) is 11.9. The van der Waals surface area contributed by atoms with Crippen LogP contribution in [0.5, 0.6) is 0 Å². The first-order valence-corrected chi connectivity index (χ1v) is 6.34. The van der Waals surface area contributed by atoms with Crippen LogP contribution in [-0.4, -0.2) is 12.6 Å². The van der Waals surface area contributed by atoms with E-state index >= 15 is 0 Å². The molecule has 0 fully saturated rings. The Bertz CT molecular complexity index is 873. The number of ether oxygens (including phenoxy) is 1. The Morgan fingerprint density at radius 2 is 1.86 bits per heavy atom. The molecule has 0 aliphatic rings. The molecule has 0 N–H and O–H groups in total. The molecule has 0 aliphatic carbocycles. The summed E-state index contributed by atoms with van der Waals surface area (Å²) in [5, 5.41) is 0.724. The van der Waals surface area contributed by atoms with Gasteiger partial charge >= 0.3 is 57.4 Å². The molecule has 5 heteroatoms. The van der Waals surface area contributed by atoms with Crippen LogP contribution in [-0.2, 0) is 4.74 Å². The number of benzene rings is 2. The minimum atomic E-state index is -0.513. The van der Waals surface area contributed by atoms with E-state index in [1.807, 2.05) is 0 Å². The average Bonchev–Trinajstić information content (AvgIpc) is 2.47. The van der Waals surface area contributed by atoms with Crippen molar-refractivity contribution in [3.8, 4) is 0 Å². The van der Waals surface area contributed by atoms with Gasteiger partial charge in [-0.15, -0.1) is 0 Å². The van der Waals surface area contributed by atoms with Crippen LogP contribution < -0.4 is 56.8 Å². The van der Waals surface area contributed by atoms with E-state index in [2.05, 4.69) is 0 Å². The summed E-state index contributed by atoms with van der Waals surface area (Å²) >= 11 is 0. The molecule has 1 aromatic heterocycles. The third-order valence-corrected chi connectivity index (χ3v) is 3.10. The Kier molecular flexibility index (Phi) is 5.35. The van der Waals surface area contributed by atoms with Crippen molar-refractivity contribution in [2.45, 2.75) is 6.92 Å². The summed E-state index contributed by atoms with van der Waals surface area (Å²) in [4.78, 5) is 24.5. The molecule has 0 amide bonds. The van der Waals surface area contributed by atoms with Crippen LogP contribution in [0.3, 0.4) is 0 Å². The molecular formula is C16H13KO4. The van der Waals surface area contributed by atoms with Gasteiger partial charge in [-0.3, -0.25) is 4.79 Å². The first kappa shape index (κ1) is 16.4. The molecule has 102 valence electrons. The van der Waals surface area contributed by atoms with Crippen LogP contribution in [0.15, 0.2) is 51.7 Å². The van der Waals surface area contributed by atoms with Gasteiger partial charge in [0, 0.05) is 0 Å². The molecule has 3 aromatic rings. The normalized spacial score (nSPS) is 10.3. The molecule has 0 unspecified atom stereocenters. The van der Waals surface area contributed by atoms with E-state index in [1.165, 1.54) is 0 Å². The molecule has 0 radical (unpaired) electrons. The molecule has 0 spiro atoms. The van der Waals surface area contributed by atoms with E-state index in [0.29, 0.717) is 16.6 Å². The zero-order valence-electron chi connectivity index (χ0n) is 12.9. The number of hydrogen-bond acceptors (Lipinski definition) is 4. The second-order valence-electron chi connectivity index (χ2n) is 4.33. The Hall–Kier alpha value is -0.984. The van der Waals surface area contributed by atoms with Crippen molar-refractivity contribution in [1.82, 2.24) is 0 Å². The fraction of sp³-hybridized carbons (Fsp3) is 0.125. The first-order valence-electron chi connectivity index (χ1n) is 6.34. The molecule has 0 aliphatic heterocycles. The topological polar surface area (TPSA) is 56.5 Å². The van der Waals surface area contributed by atoms with Gasteiger partial charge in [-0.1, -0.05) is 18.2 Å². The van der Waals surface area contributed by atoms with Gasteiger partial charge in [-0.2, -0.15) is 0 Å². The average molecular weight is 308 g/mol. The molecule has 21 heavy (non-hydrogen) atoms. The second kappa shape index (κ2) is 6.85. The summed E-state index contributed by atoms with van der Waals surface area (Å²) in [6.45, 7) is 1.98. The molecule has 0 saturated carbocycles. The van der Waals surface area contributed by atoms with E-state index in [9.17, 15) is 9.59 Å². The Labute approximate surface area is 165 Å². The molecule has 0 bridgehead atoms. The first-order chi connectivity index (χ1) is 9.72. The van der Waals surface area contributed by atoms with Crippen LogP contribution in [0.4, 0.5) is 0 Å². The molecule has 0 atom stereocenters. The number of hydrogen-bond donors (Lipinski definition) is 0. The maximum atomic E-state index is 12.5. The molecule has 1 heterocycles. The Balaban J connectivity index is 0.00000121. The predicted molar refractivity (Wildman–Crippen MR) is 77.1 cm³/mol. The molecule has 2 aromatic carbocycles. The summed E-state index contributed by atoms with van der Waals surface area (Å²) in [7, 11) is 0. The quantitative estimate of drug-likeness (QED) is 0.387. The number of esters is 1. The van der Waals surface area contributed by atoms with Gasteiger partial charge in [0.25, 0.3) is 0 Å². The SMILES string of the molecule is CCOC(=O)c1cccc2oc3ccccc3c(=O)c12.[H-].[K+].